The SMILES string of the molecule is C.COC(=O)Cc1ccc(Cc2cc(-c3cccc(Cl)c3)nc3c2CCC3)cn1. The molecule has 1 aliphatic rings. The number of pyridine rings is 2. The van der Waals surface area contributed by atoms with Gasteiger partial charge >= 0.3 is 5.97 Å². The topological polar surface area (TPSA) is 52.1 Å². The molecule has 0 N–H and O–H groups in total. The summed E-state index contributed by atoms with van der Waals surface area (Å²) in [4.78, 5) is 20.7. The van der Waals surface area contributed by atoms with Crippen molar-refractivity contribution in [2.45, 2.75) is 39.5 Å². The third-order valence-corrected chi connectivity index (χ3v) is 5.33. The fraction of sp³-hybridized carbons (Fsp3) is 0.292. The van der Waals surface area contributed by atoms with E-state index in [-0.39, 0.29) is 19.8 Å². The first kappa shape index (κ1) is 21.0. The van der Waals surface area contributed by atoms with Crippen LogP contribution in [0.15, 0.2) is 48.7 Å². The number of fused-ring (bicyclic) bond motifs is 1. The van der Waals surface area contributed by atoms with E-state index in [1.54, 1.807) is 0 Å². The molecule has 4 rings (SSSR count). The summed E-state index contributed by atoms with van der Waals surface area (Å²) in [5, 5.41) is 0.715. The molecule has 0 bridgehead atoms. The lowest BCUT2D eigenvalue weighted by molar-refractivity contribution is -0.139. The highest BCUT2D eigenvalue weighted by molar-refractivity contribution is 6.30. The molecule has 0 aliphatic heterocycles. The van der Waals surface area contributed by atoms with Crippen molar-refractivity contribution in [3.8, 4) is 11.3 Å². The maximum Gasteiger partial charge on any atom is 0.311 e. The minimum absolute atomic E-state index is 0. The van der Waals surface area contributed by atoms with E-state index in [0.717, 1.165) is 48.2 Å². The average molecular weight is 409 g/mol. The third kappa shape index (κ3) is 4.83. The monoisotopic (exact) mass is 408 g/mol. The molecule has 0 atom stereocenters. The molecule has 0 radical (unpaired) electrons. The molecule has 0 saturated heterocycles. The van der Waals surface area contributed by atoms with Gasteiger partial charge in [-0.25, -0.2) is 0 Å². The Kier molecular flexibility index (Phi) is 6.65. The van der Waals surface area contributed by atoms with Gasteiger partial charge in [0.15, 0.2) is 0 Å². The zero-order chi connectivity index (χ0) is 19.5. The second-order valence-electron chi connectivity index (χ2n) is 7.04. The summed E-state index contributed by atoms with van der Waals surface area (Å²) >= 11 is 6.17. The van der Waals surface area contributed by atoms with Crippen LogP contribution in [0.2, 0.25) is 5.02 Å². The Labute approximate surface area is 176 Å². The molecule has 4 nitrogen and oxygen atoms in total. The molecule has 5 heteroatoms. The minimum Gasteiger partial charge on any atom is -0.469 e. The molecule has 0 unspecified atom stereocenters. The Morgan fingerprint density at radius 1 is 1.17 bits per heavy atom. The Hall–Kier alpha value is -2.72. The van der Waals surface area contributed by atoms with Crippen LogP contribution in [0.1, 0.15) is 41.9 Å². The molecule has 2 heterocycles. The fourth-order valence-electron chi connectivity index (χ4n) is 3.68. The largest absolute Gasteiger partial charge is 0.469 e. The van der Waals surface area contributed by atoms with Crippen molar-refractivity contribution >= 4 is 17.6 Å². The summed E-state index contributed by atoms with van der Waals surface area (Å²) in [6.45, 7) is 0. The number of aryl methyl sites for hydroxylation is 1. The van der Waals surface area contributed by atoms with Crippen LogP contribution in [0.5, 0.6) is 0 Å². The first-order valence-electron chi connectivity index (χ1n) is 9.40. The van der Waals surface area contributed by atoms with Crippen molar-refractivity contribution in [1.82, 2.24) is 9.97 Å². The Morgan fingerprint density at radius 3 is 2.76 bits per heavy atom. The fourth-order valence-corrected chi connectivity index (χ4v) is 3.87. The van der Waals surface area contributed by atoms with Gasteiger partial charge in [-0.05, 0) is 66.6 Å². The molecular weight excluding hydrogens is 384 g/mol. The zero-order valence-corrected chi connectivity index (χ0v) is 16.5. The van der Waals surface area contributed by atoms with Crippen molar-refractivity contribution in [2.24, 2.45) is 0 Å². The van der Waals surface area contributed by atoms with Crippen LogP contribution in [0.25, 0.3) is 11.3 Å². The molecule has 1 aromatic carbocycles. The van der Waals surface area contributed by atoms with Crippen LogP contribution in [-0.4, -0.2) is 23.0 Å². The number of aromatic nitrogens is 2. The van der Waals surface area contributed by atoms with Crippen LogP contribution in [-0.2, 0) is 35.2 Å². The highest BCUT2D eigenvalue weighted by Gasteiger charge is 2.19. The van der Waals surface area contributed by atoms with Crippen LogP contribution in [0, 0.1) is 0 Å². The van der Waals surface area contributed by atoms with E-state index in [1.807, 2.05) is 42.6 Å². The van der Waals surface area contributed by atoms with Crippen molar-refractivity contribution in [1.29, 1.82) is 0 Å². The lowest BCUT2D eigenvalue weighted by Gasteiger charge is -2.12. The molecule has 0 saturated carbocycles. The molecule has 0 amide bonds. The van der Waals surface area contributed by atoms with E-state index in [2.05, 4.69) is 11.1 Å². The van der Waals surface area contributed by atoms with E-state index < -0.39 is 0 Å². The van der Waals surface area contributed by atoms with Crippen LogP contribution in [0.3, 0.4) is 0 Å². The van der Waals surface area contributed by atoms with Crippen LogP contribution in [0.4, 0.5) is 0 Å². The zero-order valence-electron chi connectivity index (χ0n) is 15.7. The number of carbonyl (C=O) groups is 1. The molecule has 0 spiro atoms. The van der Waals surface area contributed by atoms with Gasteiger partial charge in [-0.1, -0.05) is 37.2 Å². The number of rotatable bonds is 5. The van der Waals surface area contributed by atoms with Crippen LogP contribution >= 0.6 is 11.6 Å². The number of halogens is 1. The summed E-state index contributed by atoms with van der Waals surface area (Å²) in [7, 11) is 1.39. The molecule has 3 aromatic rings. The standard InChI is InChI=1S/C23H21ClN2O2.CH4/c1-28-23(27)13-19-9-8-15(14-25-19)10-17-12-22(16-4-2-5-18(24)11-16)26-21-7-3-6-20(17)21;/h2,4-5,8-9,11-12,14H,3,6-7,10,13H2,1H3;1H4. The number of methoxy groups -OCH3 is 1. The lowest BCUT2D eigenvalue weighted by atomic mass is 9.98. The Bertz CT molecular complexity index is 1020. The Balaban J connectivity index is 0.00000240. The second-order valence-corrected chi connectivity index (χ2v) is 7.48. The first-order chi connectivity index (χ1) is 13.6. The molecule has 0 fully saturated rings. The van der Waals surface area contributed by atoms with E-state index in [0.29, 0.717) is 5.02 Å². The van der Waals surface area contributed by atoms with Gasteiger partial charge < -0.3 is 4.74 Å². The smallest absolute Gasteiger partial charge is 0.311 e. The quantitative estimate of drug-likeness (QED) is 0.542. The lowest BCUT2D eigenvalue weighted by Crippen LogP contribution is -2.06. The number of carbonyl (C=O) groups excluding carboxylic acids is 1. The predicted octanol–water partition coefficient (Wildman–Crippen LogP) is 5.23. The van der Waals surface area contributed by atoms with Gasteiger partial charge in [-0.15, -0.1) is 0 Å². The van der Waals surface area contributed by atoms with Crippen molar-refractivity contribution in [2.75, 3.05) is 7.11 Å². The van der Waals surface area contributed by atoms with Crippen molar-refractivity contribution < 1.29 is 9.53 Å². The second kappa shape index (κ2) is 9.19. The summed E-state index contributed by atoms with van der Waals surface area (Å²) < 4.78 is 4.70. The van der Waals surface area contributed by atoms with E-state index in [4.69, 9.17) is 21.3 Å². The van der Waals surface area contributed by atoms with Gasteiger partial charge in [-0.2, -0.15) is 0 Å². The normalized spacial score (nSPS) is 12.2. The summed E-state index contributed by atoms with van der Waals surface area (Å²) in [5.41, 5.74) is 7.69. The predicted molar refractivity (Wildman–Crippen MR) is 116 cm³/mol. The van der Waals surface area contributed by atoms with Gasteiger partial charge in [0, 0.05) is 22.5 Å². The molecule has 29 heavy (non-hydrogen) atoms. The van der Waals surface area contributed by atoms with Crippen molar-refractivity contribution in [3.63, 3.8) is 0 Å². The van der Waals surface area contributed by atoms with E-state index in [9.17, 15) is 4.79 Å². The number of benzene rings is 1. The number of nitrogens with zero attached hydrogens (tertiary/aromatic N) is 2. The first-order valence-corrected chi connectivity index (χ1v) is 9.78. The number of hydrogen-bond donors (Lipinski definition) is 0. The third-order valence-electron chi connectivity index (χ3n) is 5.10. The molecule has 150 valence electrons. The minimum atomic E-state index is -0.279. The van der Waals surface area contributed by atoms with Gasteiger partial charge in [-0.3, -0.25) is 14.8 Å². The number of ether oxygens (including phenoxy) is 1. The summed E-state index contributed by atoms with van der Waals surface area (Å²) in [6, 6.07) is 13.9. The van der Waals surface area contributed by atoms with E-state index >= 15 is 0 Å². The summed E-state index contributed by atoms with van der Waals surface area (Å²) in [5.74, 6) is -0.279. The van der Waals surface area contributed by atoms with Gasteiger partial charge in [0.2, 0.25) is 0 Å². The molecule has 1 aliphatic carbocycles. The van der Waals surface area contributed by atoms with Gasteiger partial charge in [0.05, 0.1) is 24.9 Å². The van der Waals surface area contributed by atoms with E-state index in [1.165, 1.54) is 23.9 Å². The number of hydrogen-bond acceptors (Lipinski definition) is 4. The highest BCUT2D eigenvalue weighted by Crippen LogP contribution is 2.31. The highest BCUT2D eigenvalue weighted by atomic mass is 35.5. The van der Waals surface area contributed by atoms with Crippen molar-refractivity contribution in [3.05, 3.63) is 81.8 Å². The summed E-state index contributed by atoms with van der Waals surface area (Å²) in [6.07, 6.45) is 6.07. The number of esters is 1. The average Bonchev–Trinajstić information content (AvgIpc) is 3.18. The maximum absolute atomic E-state index is 11.4. The van der Waals surface area contributed by atoms with Gasteiger partial charge in [0.25, 0.3) is 0 Å². The Morgan fingerprint density at radius 2 is 2.03 bits per heavy atom. The molecular formula is C24H25ClN2O2. The maximum atomic E-state index is 11.4. The van der Waals surface area contributed by atoms with Crippen LogP contribution < -0.4 is 0 Å². The molecule has 2 aromatic heterocycles. The van der Waals surface area contributed by atoms with Gasteiger partial charge in [0.1, 0.15) is 0 Å².